The van der Waals surface area contributed by atoms with E-state index in [1.165, 1.54) is 4.90 Å². The van der Waals surface area contributed by atoms with Crippen molar-refractivity contribution in [2.45, 2.75) is 46.6 Å². The van der Waals surface area contributed by atoms with Crippen LogP contribution in [0, 0.1) is 6.92 Å². The predicted octanol–water partition coefficient (Wildman–Crippen LogP) is 6.55. The van der Waals surface area contributed by atoms with Crippen molar-refractivity contribution in [2.75, 3.05) is 25.2 Å². The van der Waals surface area contributed by atoms with Gasteiger partial charge in [-0.2, -0.15) is 0 Å². The van der Waals surface area contributed by atoms with Crippen LogP contribution in [0.2, 0.25) is 0 Å². The minimum absolute atomic E-state index is 0.0124. The maximum Gasteiger partial charge on any atom is 0.300 e. The number of rotatable bonds is 9. The largest absolute Gasteiger partial charge is 0.507 e. The Bertz CT molecular complexity index is 1420. The molecule has 3 aromatic carbocycles. The first-order chi connectivity index (χ1) is 18.7. The fraction of sp³-hybridized carbons (Fsp3) is 0.312. The van der Waals surface area contributed by atoms with Crippen molar-refractivity contribution in [1.82, 2.24) is 0 Å². The van der Waals surface area contributed by atoms with Crippen LogP contribution in [-0.4, -0.2) is 37.1 Å². The average Bonchev–Trinajstić information content (AvgIpc) is 3.18. The molecule has 1 aliphatic rings. The van der Waals surface area contributed by atoms with Gasteiger partial charge in [-0.25, -0.2) is 0 Å². The van der Waals surface area contributed by atoms with Gasteiger partial charge in [0, 0.05) is 17.3 Å². The summed E-state index contributed by atoms with van der Waals surface area (Å²) in [4.78, 5) is 28.7. The lowest BCUT2D eigenvalue weighted by atomic mass is 9.91. The van der Waals surface area contributed by atoms with Crippen molar-refractivity contribution < 1.29 is 28.9 Å². The molecule has 0 saturated carbocycles. The number of ether oxygens (including phenoxy) is 3. The Morgan fingerprint density at radius 2 is 1.59 bits per heavy atom. The lowest BCUT2D eigenvalue weighted by Gasteiger charge is -2.26. The molecule has 1 atom stereocenters. The second-order valence-corrected chi connectivity index (χ2v) is 9.67. The van der Waals surface area contributed by atoms with E-state index in [1.807, 2.05) is 65.0 Å². The molecule has 1 N–H and O–H groups in total. The fourth-order valence-electron chi connectivity index (χ4n) is 4.97. The second-order valence-electron chi connectivity index (χ2n) is 9.67. The summed E-state index contributed by atoms with van der Waals surface area (Å²) >= 11 is 0. The third-order valence-electron chi connectivity index (χ3n) is 6.79. The van der Waals surface area contributed by atoms with Gasteiger partial charge in [-0.05, 0) is 79.8 Å². The topological polar surface area (TPSA) is 85.3 Å². The molecule has 0 aromatic heterocycles. The van der Waals surface area contributed by atoms with E-state index in [2.05, 4.69) is 0 Å². The SMILES string of the molecule is CCOc1cccc(C2/C(=C(\O)c3cc(C(C)C)c(OC)cc3C)C(=O)C(=O)N2c2cccc(OCC)c2)c1. The van der Waals surface area contributed by atoms with E-state index in [9.17, 15) is 14.7 Å². The zero-order chi connectivity index (χ0) is 28.3. The standard InChI is InChI=1S/C32H35NO6/c1-7-38-23-13-9-11-21(16-23)29-28(30(34)26-18-25(19(3)4)27(37-6)15-20(26)5)31(35)32(36)33(29)22-12-10-14-24(17-22)39-8-2/h9-19,29,34H,7-8H2,1-6H3/b30-28+. The van der Waals surface area contributed by atoms with Gasteiger partial charge in [-0.15, -0.1) is 0 Å². The van der Waals surface area contributed by atoms with E-state index in [0.29, 0.717) is 47.3 Å². The van der Waals surface area contributed by atoms with Crippen LogP contribution in [0.5, 0.6) is 17.2 Å². The number of aryl methyl sites for hydroxylation is 1. The summed E-state index contributed by atoms with van der Waals surface area (Å²) in [6, 6.07) is 17.1. The van der Waals surface area contributed by atoms with E-state index in [-0.39, 0.29) is 17.3 Å². The van der Waals surface area contributed by atoms with E-state index >= 15 is 0 Å². The highest BCUT2D eigenvalue weighted by atomic mass is 16.5. The minimum Gasteiger partial charge on any atom is -0.507 e. The zero-order valence-corrected chi connectivity index (χ0v) is 23.3. The molecule has 1 fully saturated rings. The average molecular weight is 530 g/mol. The zero-order valence-electron chi connectivity index (χ0n) is 23.3. The lowest BCUT2D eigenvalue weighted by Crippen LogP contribution is -2.29. The number of aliphatic hydroxyl groups excluding tert-OH is 1. The summed E-state index contributed by atoms with van der Waals surface area (Å²) in [5.74, 6) is 0.265. The summed E-state index contributed by atoms with van der Waals surface area (Å²) in [5.41, 5.74) is 3.23. The maximum absolute atomic E-state index is 13.7. The van der Waals surface area contributed by atoms with Gasteiger partial charge >= 0.3 is 0 Å². The van der Waals surface area contributed by atoms with E-state index in [0.717, 1.165) is 11.1 Å². The smallest absolute Gasteiger partial charge is 0.300 e. The van der Waals surface area contributed by atoms with Crippen LogP contribution in [0.4, 0.5) is 5.69 Å². The highest BCUT2D eigenvalue weighted by Gasteiger charge is 2.47. The first-order valence-electron chi connectivity index (χ1n) is 13.2. The van der Waals surface area contributed by atoms with Crippen molar-refractivity contribution in [3.63, 3.8) is 0 Å². The molecule has 3 aromatic rings. The molecule has 1 amide bonds. The molecule has 1 heterocycles. The number of methoxy groups -OCH3 is 1. The van der Waals surface area contributed by atoms with Gasteiger partial charge in [0.2, 0.25) is 0 Å². The Hall–Kier alpha value is -4.26. The first kappa shape index (κ1) is 27.8. The maximum atomic E-state index is 13.7. The van der Waals surface area contributed by atoms with Crippen molar-refractivity contribution in [2.24, 2.45) is 0 Å². The van der Waals surface area contributed by atoms with Crippen molar-refractivity contribution in [1.29, 1.82) is 0 Å². The number of amides is 1. The summed E-state index contributed by atoms with van der Waals surface area (Å²) in [5, 5.41) is 11.8. The third kappa shape index (κ3) is 5.35. The van der Waals surface area contributed by atoms with E-state index < -0.39 is 17.7 Å². The van der Waals surface area contributed by atoms with Gasteiger partial charge in [-0.3, -0.25) is 14.5 Å². The van der Waals surface area contributed by atoms with Gasteiger partial charge in [0.15, 0.2) is 0 Å². The van der Waals surface area contributed by atoms with Crippen LogP contribution < -0.4 is 19.1 Å². The summed E-state index contributed by atoms with van der Waals surface area (Å²) in [6.45, 7) is 10.6. The fourth-order valence-corrected chi connectivity index (χ4v) is 4.97. The Kier molecular flexibility index (Phi) is 8.29. The van der Waals surface area contributed by atoms with Gasteiger partial charge in [0.25, 0.3) is 11.7 Å². The molecular weight excluding hydrogens is 494 g/mol. The molecule has 204 valence electrons. The molecule has 0 aliphatic carbocycles. The third-order valence-corrected chi connectivity index (χ3v) is 6.79. The molecule has 4 rings (SSSR count). The number of anilines is 1. The number of hydrogen-bond acceptors (Lipinski definition) is 6. The molecule has 0 radical (unpaired) electrons. The van der Waals surface area contributed by atoms with Gasteiger partial charge in [0.1, 0.15) is 23.0 Å². The summed E-state index contributed by atoms with van der Waals surface area (Å²) in [6.07, 6.45) is 0. The highest BCUT2D eigenvalue weighted by molar-refractivity contribution is 6.51. The number of Topliss-reactive ketones (excluding diaryl/α,β-unsaturated/α-hetero) is 1. The van der Waals surface area contributed by atoms with Crippen LogP contribution in [-0.2, 0) is 9.59 Å². The molecule has 1 aliphatic heterocycles. The highest BCUT2D eigenvalue weighted by Crippen LogP contribution is 2.44. The van der Waals surface area contributed by atoms with Gasteiger partial charge in [0.05, 0.1) is 31.9 Å². The monoisotopic (exact) mass is 529 g/mol. The summed E-state index contributed by atoms with van der Waals surface area (Å²) < 4.78 is 16.9. The summed E-state index contributed by atoms with van der Waals surface area (Å²) in [7, 11) is 1.60. The number of nitrogens with zero attached hydrogens (tertiary/aromatic N) is 1. The minimum atomic E-state index is -0.883. The van der Waals surface area contributed by atoms with Crippen molar-refractivity contribution in [3.8, 4) is 17.2 Å². The number of ketones is 1. The second kappa shape index (κ2) is 11.6. The Morgan fingerprint density at radius 1 is 0.949 bits per heavy atom. The van der Waals surface area contributed by atoms with E-state index in [4.69, 9.17) is 14.2 Å². The quantitative estimate of drug-likeness (QED) is 0.192. The molecule has 7 nitrogen and oxygen atoms in total. The molecule has 1 unspecified atom stereocenters. The molecular formula is C32H35NO6. The van der Waals surface area contributed by atoms with Crippen molar-refractivity contribution in [3.05, 3.63) is 88.5 Å². The molecule has 0 bridgehead atoms. The molecule has 7 heteroatoms. The van der Waals surface area contributed by atoms with Crippen LogP contribution in [0.25, 0.3) is 5.76 Å². The van der Waals surface area contributed by atoms with E-state index in [1.54, 1.807) is 37.4 Å². The Balaban J connectivity index is 1.98. The number of carbonyl (C=O) groups is 2. The van der Waals surface area contributed by atoms with Crippen LogP contribution >= 0.6 is 0 Å². The predicted molar refractivity (Wildman–Crippen MR) is 152 cm³/mol. The molecule has 1 saturated heterocycles. The Labute approximate surface area is 229 Å². The lowest BCUT2D eigenvalue weighted by molar-refractivity contribution is -0.132. The van der Waals surface area contributed by atoms with Gasteiger partial charge in [-0.1, -0.05) is 32.0 Å². The van der Waals surface area contributed by atoms with Crippen LogP contribution in [0.15, 0.2) is 66.2 Å². The Morgan fingerprint density at radius 3 is 2.21 bits per heavy atom. The molecule has 0 spiro atoms. The number of carbonyl (C=O) groups excluding carboxylic acids is 2. The number of hydrogen-bond donors (Lipinski definition) is 1. The van der Waals surface area contributed by atoms with Crippen molar-refractivity contribution >= 4 is 23.1 Å². The molecule has 39 heavy (non-hydrogen) atoms. The number of benzene rings is 3. The normalized spacial score (nSPS) is 16.6. The first-order valence-corrected chi connectivity index (χ1v) is 13.2. The van der Waals surface area contributed by atoms with Crippen LogP contribution in [0.3, 0.4) is 0 Å². The number of aliphatic hydroxyl groups is 1. The van der Waals surface area contributed by atoms with Crippen LogP contribution in [0.1, 0.15) is 61.9 Å². The van der Waals surface area contributed by atoms with Gasteiger partial charge < -0.3 is 19.3 Å².